The Bertz CT molecular complexity index is 836. The van der Waals surface area contributed by atoms with Crippen LogP contribution in [0.4, 0.5) is 5.69 Å². The third-order valence-electron chi connectivity index (χ3n) is 4.68. The number of amides is 1. The van der Waals surface area contributed by atoms with E-state index in [0.29, 0.717) is 13.1 Å². The maximum Gasteiger partial charge on any atom is 0.331 e. The molecule has 3 rings (SSSR count). The maximum atomic E-state index is 12.3. The first-order chi connectivity index (χ1) is 13.6. The van der Waals surface area contributed by atoms with Gasteiger partial charge in [-0.05, 0) is 54.3 Å². The summed E-state index contributed by atoms with van der Waals surface area (Å²) in [4.78, 5) is 29.1. The summed E-state index contributed by atoms with van der Waals surface area (Å²) in [5.41, 5.74) is 2.22. The molecule has 1 aromatic carbocycles. The first-order valence-corrected chi connectivity index (χ1v) is 10.0. The predicted molar refractivity (Wildman–Crippen MR) is 111 cm³/mol. The Morgan fingerprint density at radius 3 is 2.43 bits per heavy atom. The number of piperazine rings is 1. The fourth-order valence-corrected chi connectivity index (χ4v) is 3.80. The molecule has 0 N–H and O–H groups in total. The lowest BCUT2D eigenvalue weighted by Crippen LogP contribution is -2.49. The Labute approximate surface area is 169 Å². The molecular formula is C21H24N2O4S. The van der Waals surface area contributed by atoms with Crippen LogP contribution in [0.15, 0.2) is 41.8 Å². The second-order valence-corrected chi connectivity index (χ2v) is 7.42. The topological polar surface area (TPSA) is 59.1 Å². The number of ether oxygens (including phenoxy) is 2. The Balaban J connectivity index is 1.42. The summed E-state index contributed by atoms with van der Waals surface area (Å²) < 4.78 is 10.3. The van der Waals surface area contributed by atoms with Crippen LogP contribution in [-0.4, -0.2) is 56.7 Å². The van der Waals surface area contributed by atoms with E-state index in [4.69, 9.17) is 9.47 Å². The fraction of sp³-hybridized carbons (Fsp3) is 0.333. The molecule has 1 aliphatic rings. The smallest absolute Gasteiger partial charge is 0.331 e. The molecule has 148 valence electrons. The van der Waals surface area contributed by atoms with Crippen LogP contribution in [0.2, 0.25) is 0 Å². The molecule has 1 fully saturated rings. The minimum absolute atomic E-state index is 0.163. The molecule has 28 heavy (non-hydrogen) atoms. The second-order valence-electron chi connectivity index (χ2n) is 6.47. The van der Waals surface area contributed by atoms with Gasteiger partial charge in [0.1, 0.15) is 5.75 Å². The van der Waals surface area contributed by atoms with E-state index in [2.05, 4.69) is 4.90 Å². The van der Waals surface area contributed by atoms with E-state index in [1.807, 2.05) is 42.6 Å². The van der Waals surface area contributed by atoms with Crippen LogP contribution in [-0.2, 0) is 14.3 Å². The molecule has 1 amide bonds. The quantitative estimate of drug-likeness (QED) is 0.551. The molecule has 1 aromatic heterocycles. The van der Waals surface area contributed by atoms with E-state index < -0.39 is 5.97 Å². The molecule has 0 spiro atoms. The van der Waals surface area contributed by atoms with Crippen molar-refractivity contribution in [2.75, 3.05) is 44.8 Å². The van der Waals surface area contributed by atoms with Crippen molar-refractivity contribution in [3.05, 3.63) is 52.2 Å². The number of hydrogen-bond acceptors (Lipinski definition) is 6. The zero-order chi connectivity index (χ0) is 19.9. The first kappa shape index (κ1) is 19.9. The SMILES string of the molecule is COc1ccc(N2CCN(C(=O)COC(=O)/C=C/c3sccc3C)CC2)cc1. The lowest BCUT2D eigenvalue weighted by molar-refractivity contribution is -0.148. The van der Waals surface area contributed by atoms with Gasteiger partial charge in [0, 0.05) is 42.8 Å². The highest BCUT2D eigenvalue weighted by atomic mass is 32.1. The van der Waals surface area contributed by atoms with Gasteiger partial charge in [0.2, 0.25) is 0 Å². The Morgan fingerprint density at radius 2 is 1.82 bits per heavy atom. The Kier molecular flexibility index (Phi) is 6.71. The molecule has 0 unspecified atom stereocenters. The van der Waals surface area contributed by atoms with E-state index in [-0.39, 0.29) is 12.5 Å². The summed E-state index contributed by atoms with van der Waals surface area (Å²) in [5, 5.41) is 1.97. The molecule has 0 bridgehead atoms. The largest absolute Gasteiger partial charge is 0.497 e. The molecule has 7 heteroatoms. The minimum Gasteiger partial charge on any atom is -0.497 e. The minimum atomic E-state index is -0.502. The Morgan fingerprint density at radius 1 is 1.11 bits per heavy atom. The maximum absolute atomic E-state index is 12.3. The number of hydrogen-bond donors (Lipinski definition) is 0. The monoisotopic (exact) mass is 400 g/mol. The van der Waals surface area contributed by atoms with Crippen LogP contribution in [0.3, 0.4) is 0 Å². The summed E-state index contributed by atoms with van der Waals surface area (Å²) >= 11 is 1.56. The lowest BCUT2D eigenvalue weighted by Gasteiger charge is -2.36. The van der Waals surface area contributed by atoms with Gasteiger partial charge in [-0.2, -0.15) is 0 Å². The molecule has 1 saturated heterocycles. The molecule has 1 aliphatic heterocycles. The van der Waals surface area contributed by atoms with E-state index >= 15 is 0 Å². The van der Waals surface area contributed by atoms with Gasteiger partial charge >= 0.3 is 5.97 Å². The van der Waals surface area contributed by atoms with Crippen molar-refractivity contribution in [1.82, 2.24) is 4.90 Å². The number of methoxy groups -OCH3 is 1. The molecular weight excluding hydrogens is 376 g/mol. The van der Waals surface area contributed by atoms with Crippen LogP contribution in [0.25, 0.3) is 6.08 Å². The van der Waals surface area contributed by atoms with Crippen LogP contribution < -0.4 is 9.64 Å². The molecule has 0 saturated carbocycles. The second kappa shape index (κ2) is 9.41. The van der Waals surface area contributed by atoms with Gasteiger partial charge in [0.05, 0.1) is 7.11 Å². The number of aryl methyl sites for hydroxylation is 1. The van der Waals surface area contributed by atoms with Gasteiger partial charge in [-0.3, -0.25) is 4.79 Å². The van der Waals surface area contributed by atoms with Crippen LogP contribution in [0.1, 0.15) is 10.4 Å². The number of carbonyl (C=O) groups excluding carboxylic acids is 2. The zero-order valence-electron chi connectivity index (χ0n) is 16.1. The van der Waals surface area contributed by atoms with Crippen LogP contribution in [0.5, 0.6) is 5.75 Å². The summed E-state index contributed by atoms with van der Waals surface area (Å²) in [7, 11) is 1.64. The highest BCUT2D eigenvalue weighted by molar-refractivity contribution is 7.11. The number of esters is 1. The predicted octanol–water partition coefficient (Wildman–Crippen LogP) is 2.97. The average molecular weight is 401 g/mol. The van der Waals surface area contributed by atoms with E-state index in [0.717, 1.165) is 35.0 Å². The zero-order valence-corrected chi connectivity index (χ0v) is 16.9. The van der Waals surface area contributed by atoms with E-state index in [9.17, 15) is 9.59 Å². The van der Waals surface area contributed by atoms with Crippen molar-refractivity contribution in [3.63, 3.8) is 0 Å². The van der Waals surface area contributed by atoms with Crippen molar-refractivity contribution >= 4 is 35.0 Å². The van der Waals surface area contributed by atoms with Gasteiger partial charge in [-0.1, -0.05) is 0 Å². The molecule has 2 heterocycles. The van der Waals surface area contributed by atoms with Crippen LogP contribution >= 0.6 is 11.3 Å². The van der Waals surface area contributed by atoms with Crippen molar-refractivity contribution in [1.29, 1.82) is 0 Å². The summed E-state index contributed by atoms with van der Waals surface area (Å²) in [6, 6.07) is 9.87. The molecule has 6 nitrogen and oxygen atoms in total. The fourth-order valence-electron chi connectivity index (χ4n) is 2.98. The summed E-state index contributed by atoms with van der Waals surface area (Å²) in [6.07, 6.45) is 3.09. The lowest BCUT2D eigenvalue weighted by atomic mass is 10.2. The number of anilines is 1. The van der Waals surface area contributed by atoms with Gasteiger partial charge in [-0.25, -0.2) is 4.79 Å². The van der Waals surface area contributed by atoms with E-state index in [1.165, 1.54) is 6.08 Å². The summed E-state index contributed by atoms with van der Waals surface area (Å²) in [5.74, 6) is 0.157. The first-order valence-electron chi connectivity index (χ1n) is 9.12. The number of rotatable bonds is 6. The van der Waals surface area contributed by atoms with Gasteiger partial charge in [0.15, 0.2) is 6.61 Å². The van der Waals surface area contributed by atoms with Crippen LogP contribution in [0, 0.1) is 6.92 Å². The summed E-state index contributed by atoms with van der Waals surface area (Å²) in [6.45, 7) is 4.44. The van der Waals surface area contributed by atoms with Gasteiger partial charge < -0.3 is 19.3 Å². The number of carbonyl (C=O) groups is 2. The number of thiophene rings is 1. The molecule has 0 aliphatic carbocycles. The van der Waals surface area contributed by atoms with Crippen molar-refractivity contribution in [2.45, 2.75) is 6.92 Å². The highest BCUT2D eigenvalue weighted by Crippen LogP contribution is 2.20. The molecule has 2 aromatic rings. The highest BCUT2D eigenvalue weighted by Gasteiger charge is 2.22. The van der Waals surface area contributed by atoms with Crippen molar-refractivity contribution in [2.24, 2.45) is 0 Å². The molecule has 0 atom stereocenters. The van der Waals surface area contributed by atoms with E-state index in [1.54, 1.807) is 29.4 Å². The Hall–Kier alpha value is -2.80. The van der Waals surface area contributed by atoms with Crippen molar-refractivity contribution < 1.29 is 19.1 Å². The molecule has 0 radical (unpaired) electrons. The standard InChI is InChI=1S/C21H24N2O4S/c1-16-9-14-28-19(16)7-8-21(25)27-15-20(24)23-12-10-22(11-13-23)17-3-5-18(26-2)6-4-17/h3-9,14H,10-13,15H2,1-2H3/b8-7+. The number of benzene rings is 1. The van der Waals surface area contributed by atoms with Gasteiger partial charge in [-0.15, -0.1) is 11.3 Å². The van der Waals surface area contributed by atoms with Gasteiger partial charge in [0.25, 0.3) is 5.91 Å². The van der Waals surface area contributed by atoms with Crippen molar-refractivity contribution in [3.8, 4) is 5.75 Å². The third-order valence-corrected chi connectivity index (χ3v) is 5.66. The normalized spacial score (nSPS) is 14.4. The number of nitrogens with zero attached hydrogens (tertiary/aromatic N) is 2. The third kappa shape index (κ3) is 5.13. The average Bonchev–Trinajstić information content (AvgIpc) is 3.15.